The number of benzene rings is 1. The first-order chi connectivity index (χ1) is 5.66. The number of anilines is 1. The second-order valence-corrected chi connectivity index (χ2v) is 2.48. The van der Waals surface area contributed by atoms with Gasteiger partial charge in [0.25, 0.3) is 11.6 Å². The second kappa shape index (κ2) is 2.04. The molecule has 1 N–H and O–H groups in total. The van der Waals surface area contributed by atoms with Crippen LogP contribution in [0.15, 0.2) is 18.2 Å². The van der Waals surface area contributed by atoms with Crippen LogP contribution in [0.25, 0.3) is 0 Å². The van der Waals surface area contributed by atoms with Crippen LogP contribution in [0.4, 0.5) is 11.4 Å². The van der Waals surface area contributed by atoms with E-state index in [4.69, 9.17) is 0 Å². The molecule has 0 unspecified atom stereocenters. The van der Waals surface area contributed by atoms with Crippen molar-refractivity contribution in [3.8, 4) is 0 Å². The Kier molecular flexibility index (Phi) is 1.15. The zero-order chi connectivity index (χ0) is 8.72. The molecule has 2 rings (SSSR count). The van der Waals surface area contributed by atoms with E-state index in [9.17, 15) is 14.9 Å². The molecule has 1 aromatic rings. The van der Waals surface area contributed by atoms with E-state index in [1.165, 1.54) is 12.1 Å². The zero-order valence-corrected chi connectivity index (χ0v) is 5.90. The van der Waals surface area contributed by atoms with Crippen LogP contribution in [-0.4, -0.2) is 10.8 Å². The Morgan fingerprint density at radius 3 is 2.67 bits per heavy atom. The topological polar surface area (TPSA) is 72.2 Å². The van der Waals surface area contributed by atoms with Gasteiger partial charge in [-0.2, -0.15) is 0 Å². The maximum absolute atomic E-state index is 10.9. The van der Waals surface area contributed by atoms with Gasteiger partial charge in [-0.25, -0.2) is 0 Å². The van der Waals surface area contributed by atoms with Crippen LogP contribution in [0.3, 0.4) is 0 Å². The van der Waals surface area contributed by atoms with Crippen LogP contribution < -0.4 is 5.32 Å². The summed E-state index contributed by atoms with van der Waals surface area (Å²) in [5.74, 6) is -0.280. The van der Waals surface area contributed by atoms with E-state index in [0.29, 0.717) is 11.3 Å². The Morgan fingerprint density at radius 1 is 1.33 bits per heavy atom. The average molecular weight is 164 g/mol. The third-order valence-electron chi connectivity index (χ3n) is 1.65. The summed E-state index contributed by atoms with van der Waals surface area (Å²) in [6, 6.07) is 4.16. The molecule has 0 radical (unpaired) electrons. The normalized spacial score (nSPS) is 12.8. The number of non-ortho nitro benzene ring substituents is 1. The molecule has 60 valence electrons. The Bertz CT molecular complexity index is 386. The summed E-state index contributed by atoms with van der Waals surface area (Å²) in [5, 5.41) is 12.8. The lowest BCUT2D eigenvalue weighted by Gasteiger charge is -1.89. The smallest absolute Gasteiger partial charge is 0.272 e. The first kappa shape index (κ1) is 6.78. The molecule has 1 amide bonds. The molecule has 2 bridgehead atoms. The number of nitrogens with one attached hydrogen (secondary N) is 1. The van der Waals surface area contributed by atoms with E-state index in [2.05, 4.69) is 5.32 Å². The van der Waals surface area contributed by atoms with Crippen LogP contribution in [0.2, 0.25) is 0 Å². The molecule has 12 heavy (non-hydrogen) atoms. The first-order valence-corrected chi connectivity index (χ1v) is 3.27. The summed E-state index contributed by atoms with van der Waals surface area (Å²) in [6.07, 6.45) is 0. The minimum Gasteiger partial charge on any atom is -0.322 e. The van der Waals surface area contributed by atoms with Crippen LogP contribution in [-0.2, 0) is 0 Å². The van der Waals surface area contributed by atoms with Crippen molar-refractivity contribution in [2.75, 3.05) is 5.32 Å². The van der Waals surface area contributed by atoms with E-state index in [-0.39, 0.29) is 11.6 Å². The van der Waals surface area contributed by atoms with Gasteiger partial charge in [0.15, 0.2) is 0 Å². The highest BCUT2D eigenvalue weighted by Crippen LogP contribution is 2.26. The highest BCUT2D eigenvalue weighted by atomic mass is 16.6. The molecule has 1 aromatic carbocycles. The van der Waals surface area contributed by atoms with E-state index in [0.717, 1.165) is 0 Å². The molecule has 0 fully saturated rings. The highest BCUT2D eigenvalue weighted by molar-refractivity contribution is 6.10. The summed E-state index contributed by atoms with van der Waals surface area (Å²) in [5.41, 5.74) is 0.782. The lowest BCUT2D eigenvalue weighted by atomic mass is 10.2. The monoisotopic (exact) mass is 164 g/mol. The third-order valence-corrected chi connectivity index (χ3v) is 1.65. The van der Waals surface area contributed by atoms with E-state index >= 15 is 0 Å². The van der Waals surface area contributed by atoms with Gasteiger partial charge in [0.1, 0.15) is 0 Å². The number of nitro groups is 1. The van der Waals surface area contributed by atoms with E-state index < -0.39 is 4.92 Å². The van der Waals surface area contributed by atoms with Crippen LogP contribution in [0.1, 0.15) is 10.4 Å². The average Bonchev–Trinajstić information content (AvgIpc) is 2.26. The van der Waals surface area contributed by atoms with Gasteiger partial charge in [-0.1, -0.05) is 0 Å². The van der Waals surface area contributed by atoms with Crippen LogP contribution >= 0.6 is 0 Å². The predicted molar refractivity (Wildman–Crippen MR) is 41.0 cm³/mol. The molecule has 1 aliphatic heterocycles. The number of hydrogen-bond acceptors (Lipinski definition) is 3. The first-order valence-electron chi connectivity index (χ1n) is 3.27. The third kappa shape index (κ3) is 0.833. The number of carbonyl (C=O) groups excluding carboxylic acids is 1. The fraction of sp³-hybridized carbons (Fsp3) is 0. The number of carbonyl (C=O) groups is 1. The van der Waals surface area contributed by atoms with Crippen LogP contribution in [0, 0.1) is 10.1 Å². The van der Waals surface area contributed by atoms with E-state index in [1.54, 1.807) is 6.07 Å². The number of fused-ring (bicyclic) bond motifs is 2. The van der Waals surface area contributed by atoms with Crippen molar-refractivity contribution < 1.29 is 9.72 Å². The molecule has 0 atom stereocenters. The number of nitro benzene ring substituents is 1. The molecule has 1 heterocycles. The van der Waals surface area contributed by atoms with Gasteiger partial charge in [0, 0.05) is 23.4 Å². The number of hydrogen-bond donors (Lipinski definition) is 1. The Balaban J connectivity index is 2.58. The van der Waals surface area contributed by atoms with Crippen molar-refractivity contribution in [2.24, 2.45) is 0 Å². The standard InChI is InChI=1S/C7H4N2O3/c10-7-4-1-5(8-7)3-6(2-4)9(11)12/h1-3H,(H,8,10). The van der Waals surface area contributed by atoms with Gasteiger partial charge in [-0.05, 0) is 6.07 Å². The highest BCUT2D eigenvalue weighted by Gasteiger charge is 2.20. The number of rotatable bonds is 1. The quantitative estimate of drug-likeness (QED) is 0.500. The fourth-order valence-electron chi connectivity index (χ4n) is 1.12. The summed E-state index contributed by atoms with van der Waals surface area (Å²) >= 11 is 0. The summed E-state index contributed by atoms with van der Waals surface area (Å²) in [7, 11) is 0. The van der Waals surface area contributed by atoms with Gasteiger partial charge < -0.3 is 5.32 Å². The summed E-state index contributed by atoms with van der Waals surface area (Å²) in [4.78, 5) is 20.7. The number of amides is 1. The molecule has 0 aliphatic carbocycles. The molecule has 0 saturated heterocycles. The lowest BCUT2D eigenvalue weighted by Crippen LogP contribution is -2.02. The maximum Gasteiger partial charge on any atom is 0.272 e. The van der Waals surface area contributed by atoms with E-state index in [1.807, 2.05) is 0 Å². The fourth-order valence-corrected chi connectivity index (χ4v) is 1.12. The molecular weight excluding hydrogens is 160 g/mol. The summed E-state index contributed by atoms with van der Waals surface area (Å²) < 4.78 is 0. The molecular formula is C7H4N2O3. The lowest BCUT2D eigenvalue weighted by molar-refractivity contribution is -0.384. The molecule has 5 nitrogen and oxygen atoms in total. The van der Waals surface area contributed by atoms with Gasteiger partial charge in [0.2, 0.25) is 0 Å². The van der Waals surface area contributed by atoms with Crippen molar-refractivity contribution in [2.45, 2.75) is 0 Å². The summed E-state index contributed by atoms with van der Waals surface area (Å²) in [6.45, 7) is 0. The molecule has 0 spiro atoms. The SMILES string of the molecule is O=C1Nc2cc1cc([N+](=O)[O-])c2. The van der Waals surface area contributed by atoms with Crippen molar-refractivity contribution in [1.29, 1.82) is 0 Å². The zero-order valence-electron chi connectivity index (χ0n) is 5.90. The van der Waals surface area contributed by atoms with Gasteiger partial charge in [0.05, 0.1) is 4.92 Å². The molecule has 0 aromatic heterocycles. The minimum atomic E-state index is -0.521. The minimum absolute atomic E-state index is 0.0548. The second-order valence-electron chi connectivity index (χ2n) is 2.48. The van der Waals surface area contributed by atoms with Crippen molar-refractivity contribution in [1.82, 2.24) is 0 Å². The Labute approximate surface area is 67.2 Å². The van der Waals surface area contributed by atoms with Gasteiger partial charge in [-0.15, -0.1) is 0 Å². The molecule has 1 aliphatic rings. The van der Waals surface area contributed by atoms with Crippen molar-refractivity contribution in [3.63, 3.8) is 0 Å². The van der Waals surface area contributed by atoms with Gasteiger partial charge in [-0.3, -0.25) is 14.9 Å². The largest absolute Gasteiger partial charge is 0.322 e. The molecule has 5 heteroatoms. The van der Waals surface area contributed by atoms with Crippen molar-refractivity contribution in [3.05, 3.63) is 33.9 Å². The van der Waals surface area contributed by atoms with Gasteiger partial charge >= 0.3 is 0 Å². The number of nitrogens with zero attached hydrogens (tertiary/aromatic N) is 1. The maximum atomic E-state index is 10.9. The van der Waals surface area contributed by atoms with Crippen molar-refractivity contribution >= 4 is 17.3 Å². The Hall–Kier alpha value is -1.91. The Morgan fingerprint density at radius 2 is 2.08 bits per heavy atom. The predicted octanol–water partition coefficient (Wildman–Crippen LogP) is 1.16. The molecule has 0 saturated carbocycles. The van der Waals surface area contributed by atoms with Crippen LogP contribution in [0.5, 0.6) is 0 Å².